The average molecular weight is 319 g/mol. The maximum Gasteiger partial charge on any atom is 0.226 e. The fourth-order valence-corrected chi connectivity index (χ4v) is 2.39. The van der Waals surface area contributed by atoms with Gasteiger partial charge in [0, 0.05) is 23.6 Å². The molecule has 0 aromatic heterocycles. The third kappa shape index (κ3) is 4.85. The molecular weight excluding hydrogens is 299 g/mol. The van der Waals surface area contributed by atoms with Crippen LogP contribution in [0.5, 0.6) is 5.75 Å². The minimum atomic E-state index is 0. The highest BCUT2D eigenvalue weighted by Gasteiger charge is 2.18. The molecule has 2 rings (SSSR count). The molecule has 1 aromatic rings. The molecule has 1 aliphatic rings. The van der Waals surface area contributed by atoms with Gasteiger partial charge in [0.2, 0.25) is 5.91 Å². The maximum atomic E-state index is 12.0. The number of carbonyl (C=O) groups excluding carboxylic acids is 1. The summed E-state index contributed by atoms with van der Waals surface area (Å²) >= 11 is 5.92. The van der Waals surface area contributed by atoms with Crippen LogP contribution in [-0.2, 0) is 4.79 Å². The fourth-order valence-electron chi connectivity index (χ4n) is 2.23. The van der Waals surface area contributed by atoms with Gasteiger partial charge in [-0.3, -0.25) is 4.79 Å². The van der Waals surface area contributed by atoms with Crippen LogP contribution in [0, 0.1) is 0 Å². The lowest BCUT2D eigenvalue weighted by atomic mass is 10.1. The van der Waals surface area contributed by atoms with Gasteiger partial charge in [0.25, 0.3) is 0 Å². The van der Waals surface area contributed by atoms with Crippen molar-refractivity contribution in [2.75, 3.05) is 18.5 Å². The number of amides is 1. The summed E-state index contributed by atoms with van der Waals surface area (Å²) in [5.74, 6) is 0.616. The molecule has 1 aromatic carbocycles. The number of halogens is 2. The van der Waals surface area contributed by atoms with Gasteiger partial charge in [-0.1, -0.05) is 11.6 Å². The van der Waals surface area contributed by atoms with Crippen LogP contribution < -0.4 is 15.4 Å². The van der Waals surface area contributed by atoms with E-state index in [1.165, 1.54) is 0 Å². The standard InChI is InChI=1S/C14H19ClN2O2.ClH/c1-2-19-13-8-10(15)5-6-12(13)17-14(18)9-11-4-3-7-16-11;/h5-6,8,11,16H,2-4,7,9H2,1H3,(H,17,18);1H. The van der Waals surface area contributed by atoms with Crippen molar-refractivity contribution < 1.29 is 9.53 Å². The molecular formula is C14H20Cl2N2O2. The molecule has 0 radical (unpaired) electrons. The smallest absolute Gasteiger partial charge is 0.226 e. The van der Waals surface area contributed by atoms with Crippen molar-refractivity contribution in [2.24, 2.45) is 0 Å². The molecule has 4 nitrogen and oxygen atoms in total. The van der Waals surface area contributed by atoms with Crippen molar-refractivity contribution in [3.05, 3.63) is 23.2 Å². The first-order valence-electron chi connectivity index (χ1n) is 6.64. The zero-order valence-electron chi connectivity index (χ0n) is 11.4. The normalized spacial score (nSPS) is 17.4. The summed E-state index contributed by atoms with van der Waals surface area (Å²) in [6, 6.07) is 5.53. The molecule has 0 bridgehead atoms. The molecule has 1 unspecified atom stereocenters. The zero-order chi connectivity index (χ0) is 13.7. The van der Waals surface area contributed by atoms with Crippen LogP contribution in [-0.4, -0.2) is 25.1 Å². The van der Waals surface area contributed by atoms with E-state index in [2.05, 4.69) is 10.6 Å². The van der Waals surface area contributed by atoms with Crippen LogP contribution in [0.3, 0.4) is 0 Å². The molecule has 20 heavy (non-hydrogen) atoms. The van der Waals surface area contributed by atoms with Crippen LogP contribution in [0.15, 0.2) is 18.2 Å². The molecule has 0 saturated carbocycles. The van der Waals surface area contributed by atoms with Crippen LogP contribution in [0.2, 0.25) is 5.02 Å². The number of nitrogens with one attached hydrogen (secondary N) is 2. The van der Waals surface area contributed by atoms with E-state index >= 15 is 0 Å². The van der Waals surface area contributed by atoms with Crippen LogP contribution in [0.25, 0.3) is 0 Å². The first kappa shape index (κ1) is 17.1. The van der Waals surface area contributed by atoms with Gasteiger partial charge in [0.05, 0.1) is 12.3 Å². The predicted octanol–water partition coefficient (Wildman–Crippen LogP) is 3.24. The van der Waals surface area contributed by atoms with Gasteiger partial charge < -0.3 is 15.4 Å². The minimum absolute atomic E-state index is 0. The predicted molar refractivity (Wildman–Crippen MR) is 84.1 cm³/mol. The SMILES string of the molecule is CCOc1cc(Cl)ccc1NC(=O)CC1CCCN1.Cl. The fraction of sp³-hybridized carbons (Fsp3) is 0.500. The monoisotopic (exact) mass is 318 g/mol. The van der Waals surface area contributed by atoms with Crippen molar-refractivity contribution >= 4 is 35.6 Å². The number of ether oxygens (including phenoxy) is 1. The van der Waals surface area contributed by atoms with Gasteiger partial charge in [-0.2, -0.15) is 0 Å². The van der Waals surface area contributed by atoms with Crippen molar-refractivity contribution in [3.63, 3.8) is 0 Å². The molecule has 1 aliphatic heterocycles. The summed E-state index contributed by atoms with van der Waals surface area (Å²) in [7, 11) is 0. The van der Waals surface area contributed by atoms with Gasteiger partial charge >= 0.3 is 0 Å². The number of hydrogen-bond acceptors (Lipinski definition) is 3. The topological polar surface area (TPSA) is 50.4 Å². The molecule has 0 spiro atoms. The average Bonchev–Trinajstić information content (AvgIpc) is 2.86. The minimum Gasteiger partial charge on any atom is -0.492 e. The van der Waals surface area contributed by atoms with E-state index in [1.807, 2.05) is 6.92 Å². The van der Waals surface area contributed by atoms with Crippen molar-refractivity contribution in [1.82, 2.24) is 5.32 Å². The van der Waals surface area contributed by atoms with E-state index in [0.717, 1.165) is 19.4 Å². The summed E-state index contributed by atoms with van der Waals surface area (Å²) in [5, 5.41) is 6.79. The zero-order valence-corrected chi connectivity index (χ0v) is 13.0. The number of benzene rings is 1. The molecule has 1 amide bonds. The molecule has 1 atom stereocenters. The molecule has 1 saturated heterocycles. The van der Waals surface area contributed by atoms with E-state index in [0.29, 0.717) is 35.5 Å². The Hall–Kier alpha value is -0.970. The third-order valence-electron chi connectivity index (χ3n) is 3.11. The van der Waals surface area contributed by atoms with Crippen LogP contribution in [0.1, 0.15) is 26.2 Å². The molecule has 1 fully saturated rings. The van der Waals surface area contributed by atoms with E-state index in [9.17, 15) is 4.79 Å². The van der Waals surface area contributed by atoms with Crippen LogP contribution in [0.4, 0.5) is 5.69 Å². The van der Waals surface area contributed by atoms with E-state index < -0.39 is 0 Å². The first-order chi connectivity index (χ1) is 9.19. The second-order valence-electron chi connectivity index (χ2n) is 4.62. The Labute approximate surface area is 130 Å². The second kappa shape index (κ2) is 8.35. The van der Waals surface area contributed by atoms with Gasteiger partial charge in [0.15, 0.2) is 0 Å². The largest absolute Gasteiger partial charge is 0.492 e. The Bertz CT molecular complexity index is 449. The molecule has 6 heteroatoms. The lowest BCUT2D eigenvalue weighted by molar-refractivity contribution is -0.116. The summed E-state index contributed by atoms with van der Waals surface area (Å²) in [4.78, 5) is 12.0. The number of rotatable bonds is 5. The molecule has 2 N–H and O–H groups in total. The van der Waals surface area contributed by atoms with E-state index in [-0.39, 0.29) is 18.3 Å². The summed E-state index contributed by atoms with van der Waals surface area (Å²) in [6.07, 6.45) is 2.70. The summed E-state index contributed by atoms with van der Waals surface area (Å²) < 4.78 is 5.47. The number of anilines is 1. The van der Waals surface area contributed by atoms with Crippen molar-refractivity contribution in [3.8, 4) is 5.75 Å². The Kier molecular flexibility index (Phi) is 7.13. The van der Waals surface area contributed by atoms with Gasteiger partial charge in [-0.15, -0.1) is 12.4 Å². The Morgan fingerprint density at radius 2 is 2.35 bits per heavy atom. The Balaban J connectivity index is 0.00000200. The van der Waals surface area contributed by atoms with Crippen molar-refractivity contribution in [2.45, 2.75) is 32.2 Å². The van der Waals surface area contributed by atoms with Gasteiger partial charge in [-0.25, -0.2) is 0 Å². The highest BCUT2D eigenvalue weighted by Crippen LogP contribution is 2.28. The summed E-state index contributed by atoms with van der Waals surface area (Å²) in [6.45, 7) is 3.44. The third-order valence-corrected chi connectivity index (χ3v) is 3.35. The quantitative estimate of drug-likeness (QED) is 0.876. The molecule has 1 heterocycles. The maximum absolute atomic E-state index is 12.0. The van der Waals surface area contributed by atoms with E-state index in [1.54, 1.807) is 18.2 Å². The highest BCUT2D eigenvalue weighted by molar-refractivity contribution is 6.30. The molecule has 0 aliphatic carbocycles. The highest BCUT2D eigenvalue weighted by atomic mass is 35.5. The molecule has 112 valence electrons. The van der Waals surface area contributed by atoms with E-state index in [4.69, 9.17) is 16.3 Å². The number of carbonyl (C=O) groups is 1. The lowest BCUT2D eigenvalue weighted by Crippen LogP contribution is -2.27. The first-order valence-corrected chi connectivity index (χ1v) is 7.02. The van der Waals surface area contributed by atoms with Gasteiger partial charge in [-0.05, 0) is 38.4 Å². The second-order valence-corrected chi connectivity index (χ2v) is 5.06. The Morgan fingerprint density at radius 3 is 3.00 bits per heavy atom. The Morgan fingerprint density at radius 1 is 1.55 bits per heavy atom. The van der Waals surface area contributed by atoms with Crippen LogP contribution >= 0.6 is 24.0 Å². The van der Waals surface area contributed by atoms with Crippen molar-refractivity contribution in [1.29, 1.82) is 0 Å². The van der Waals surface area contributed by atoms with Gasteiger partial charge in [0.1, 0.15) is 5.75 Å². The lowest BCUT2D eigenvalue weighted by Gasteiger charge is -2.14. The summed E-state index contributed by atoms with van der Waals surface area (Å²) in [5.41, 5.74) is 0.675. The number of hydrogen-bond donors (Lipinski definition) is 2.